The molecule has 0 aliphatic heterocycles. The fourth-order valence-corrected chi connectivity index (χ4v) is 2.87. The molecule has 7 heteroatoms. The summed E-state index contributed by atoms with van der Waals surface area (Å²) in [5, 5.41) is 6.35. The molecule has 0 aliphatic carbocycles. The van der Waals surface area contributed by atoms with Gasteiger partial charge in [-0.2, -0.15) is 0 Å². The summed E-state index contributed by atoms with van der Waals surface area (Å²) in [5.41, 5.74) is 1.92. The fourth-order valence-electron chi connectivity index (χ4n) is 1.85. The van der Waals surface area contributed by atoms with Crippen molar-refractivity contribution in [1.29, 1.82) is 0 Å². The van der Waals surface area contributed by atoms with Gasteiger partial charge in [0.15, 0.2) is 5.13 Å². The Bertz CT molecular complexity index is 616. The number of amides is 1. The molecule has 2 aromatic rings. The molecule has 1 amide bonds. The average molecular weight is 344 g/mol. The lowest BCUT2D eigenvalue weighted by atomic mass is 10.1. The molecular weight excluding hydrogens is 325 g/mol. The number of nitrogens with zero attached hydrogens (tertiary/aromatic N) is 1. The third kappa shape index (κ3) is 5.36. The van der Waals surface area contributed by atoms with Crippen LogP contribution in [0.25, 0.3) is 0 Å². The van der Waals surface area contributed by atoms with Gasteiger partial charge in [-0.1, -0.05) is 12.1 Å². The molecular formula is C15H19ClFN3OS. The molecule has 1 heterocycles. The van der Waals surface area contributed by atoms with Crippen molar-refractivity contribution in [2.45, 2.75) is 19.8 Å². The molecule has 22 heavy (non-hydrogen) atoms. The van der Waals surface area contributed by atoms with Crippen LogP contribution < -0.4 is 10.6 Å². The maximum atomic E-state index is 12.9. The van der Waals surface area contributed by atoms with E-state index in [0.29, 0.717) is 24.5 Å². The van der Waals surface area contributed by atoms with Gasteiger partial charge in [0.25, 0.3) is 0 Å². The van der Waals surface area contributed by atoms with Crippen LogP contribution in [0.1, 0.15) is 22.6 Å². The lowest BCUT2D eigenvalue weighted by Crippen LogP contribution is -2.18. The summed E-state index contributed by atoms with van der Waals surface area (Å²) in [6, 6.07) is 6.43. The van der Waals surface area contributed by atoms with Crippen LogP contribution in [0.4, 0.5) is 9.52 Å². The van der Waals surface area contributed by atoms with Crippen molar-refractivity contribution in [3.05, 3.63) is 46.2 Å². The average Bonchev–Trinajstić information content (AvgIpc) is 2.79. The first-order valence-electron chi connectivity index (χ1n) is 6.73. The Balaban J connectivity index is 0.00000242. The minimum absolute atomic E-state index is 0. The number of anilines is 1. The van der Waals surface area contributed by atoms with E-state index in [1.165, 1.54) is 23.5 Å². The highest BCUT2D eigenvalue weighted by Gasteiger charge is 2.10. The van der Waals surface area contributed by atoms with Crippen molar-refractivity contribution < 1.29 is 9.18 Å². The van der Waals surface area contributed by atoms with E-state index < -0.39 is 0 Å². The minimum Gasteiger partial charge on any atom is -0.319 e. The van der Waals surface area contributed by atoms with Gasteiger partial charge in [-0.3, -0.25) is 4.79 Å². The van der Waals surface area contributed by atoms with Crippen LogP contribution in [0.5, 0.6) is 0 Å². The van der Waals surface area contributed by atoms with Crippen LogP contribution in [0, 0.1) is 12.7 Å². The van der Waals surface area contributed by atoms with Gasteiger partial charge in [0.2, 0.25) is 5.91 Å². The second kappa shape index (κ2) is 8.82. The molecule has 2 N–H and O–H groups in total. The molecule has 2 rings (SSSR count). The van der Waals surface area contributed by atoms with E-state index in [4.69, 9.17) is 0 Å². The summed E-state index contributed by atoms with van der Waals surface area (Å²) in [6.45, 7) is 2.55. The van der Waals surface area contributed by atoms with Gasteiger partial charge < -0.3 is 10.6 Å². The number of hydrogen-bond acceptors (Lipinski definition) is 4. The van der Waals surface area contributed by atoms with E-state index in [9.17, 15) is 9.18 Å². The number of aromatic nitrogens is 1. The van der Waals surface area contributed by atoms with Crippen LogP contribution in [-0.2, 0) is 11.2 Å². The molecule has 4 nitrogen and oxygen atoms in total. The predicted molar refractivity (Wildman–Crippen MR) is 90.5 cm³/mol. The quantitative estimate of drug-likeness (QED) is 0.847. The minimum atomic E-state index is -0.239. The highest BCUT2D eigenvalue weighted by molar-refractivity contribution is 7.15. The van der Waals surface area contributed by atoms with Gasteiger partial charge >= 0.3 is 0 Å². The van der Waals surface area contributed by atoms with E-state index in [2.05, 4.69) is 15.6 Å². The summed E-state index contributed by atoms with van der Waals surface area (Å²) in [7, 11) is 1.81. The topological polar surface area (TPSA) is 54.0 Å². The Morgan fingerprint density at radius 3 is 2.64 bits per heavy atom. The lowest BCUT2D eigenvalue weighted by molar-refractivity contribution is -0.116. The molecule has 0 bridgehead atoms. The van der Waals surface area contributed by atoms with Crippen molar-refractivity contribution in [2.75, 3.05) is 18.9 Å². The van der Waals surface area contributed by atoms with Crippen molar-refractivity contribution in [1.82, 2.24) is 10.3 Å². The molecule has 0 radical (unpaired) electrons. The zero-order chi connectivity index (χ0) is 15.2. The summed E-state index contributed by atoms with van der Waals surface area (Å²) in [6.07, 6.45) is 1.11. The van der Waals surface area contributed by atoms with Gasteiger partial charge in [0.05, 0.1) is 5.69 Å². The predicted octanol–water partition coefficient (Wildman–Crippen LogP) is 3.15. The molecule has 0 saturated heterocycles. The molecule has 0 atom stereocenters. The van der Waals surface area contributed by atoms with E-state index in [0.717, 1.165) is 16.1 Å². The normalized spacial score (nSPS) is 10.1. The first kappa shape index (κ1) is 18.5. The number of aryl methyl sites for hydroxylation is 1. The number of rotatable bonds is 6. The first-order valence-corrected chi connectivity index (χ1v) is 7.55. The molecule has 0 unspecified atom stereocenters. The summed E-state index contributed by atoms with van der Waals surface area (Å²) >= 11 is 1.46. The highest BCUT2D eigenvalue weighted by Crippen LogP contribution is 2.25. The smallest absolute Gasteiger partial charge is 0.227 e. The van der Waals surface area contributed by atoms with Crippen LogP contribution in [0.3, 0.4) is 0 Å². The number of benzene rings is 1. The maximum Gasteiger partial charge on any atom is 0.227 e. The summed E-state index contributed by atoms with van der Waals surface area (Å²) in [4.78, 5) is 17.1. The zero-order valence-electron chi connectivity index (χ0n) is 12.5. The molecule has 1 aromatic carbocycles. The van der Waals surface area contributed by atoms with Crippen molar-refractivity contribution >= 4 is 34.8 Å². The van der Waals surface area contributed by atoms with E-state index in [1.807, 2.05) is 14.0 Å². The Morgan fingerprint density at radius 1 is 1.32 bits per heavy atom. The third-order valence-electron chi connectivity index (χ3n) is 3.02. The molecule has 1 aromatic heterocycles. The summed E-state index contributed by atoms with van der Waals surface area (Å²) in [5.74, 6) is -0.288. The van der Waals surface area contributed by atoms with Gasteiger partial charge in [-0.25, -0.2) is 9.37 Å². The SMILES string of the molecule is CNCCC(=O)Nc1nc(C)c(Cc2ccc(F)cc2)s1.Cl. The monoisotopic (exact) mass is 343 g/mol. The van der Waals surface area contributed by atoms with Crippen LogP contribution in [0.15, 0.2) is 24.3 Å². The number of nitrogens with one attached hydrogen (secondary N) is 2. The van der Waals surface area contributed by atoms with Gasteiger partial charge in [0, 0.05) is 24.3 Å². The van der Waals surface area contributed by atoms with Gasteiger partial charge in [-0.05, 0) is 31.7 Å². The molecule has 0 aliphatic rings. The van der Waals surface area contributed by atoms with Crippen LogP contribution in [0.2, 0.25) is 0 Å². The zero-order valence-corrected chi connectivity index (χ0v) is 14.1. The molecule has 120 valence electrons. The van der Waals surface area contributed by atoms with Crippen LogP contribution in [-0.4, -0.2) is 24.5 Å². The van der Waals surface area contributed by atoms with E-state index in [1.54, 1.807) is 12.1 Å². The Labute approximate surface area is 139 Å². The largest absolute Gasteiger partial charge is 0.319 e. The van der Waals surface area contributed by atoms with Crippen molar-refractivity contribution in [3.8, 4) is 0 Å². The number of halogens is 2. The van der Waals surface area contributed by atoms with E-state index >= 15 is 0 Å². The first-order chi connectivity index (χ1) is 10.1. The van der Waals surface area contributed by atoms with Crippen molar-refractivity contribution in [2.24, 2.45) is 0 Å². The highest BCUT2D eigenvalue weighted by atomic mass is 35.5. The lowest BCUT2D eigenvalue weighted by Gasteiger charge is -2.00. The number of hydrogen-bond donors (Lipinski definition) is 2. The van der Waals surface area contributed by atoms with Crippen LogP contribution >= 0.6 is 23.7 Å². The number of carbonyl (C=O) groups excluding carboxylic acids is 1. The van der Waals surface area contributed by atoms with Crippen molar-refractivity contribution in [3.63, 3.8) is 0 Å². The number of thiazole rings is 1. The Kier molecular flexibility index (Phi) is 7.44. The molecule has 0 fully saturated rings. The Morgan fingerprint density at radius 2 is 2.00 bits per heavy atom. The maximum absolute atomic E-state index is 12.9. The van der Waals surface area contributed by atoms with Gasteiger partial charge in [0.1, 0.15) is 5.82 Å². The standard InChI is InChI=1S/C15H18FN3OS.ClH/c1-10-13(9-11-3-5-12(16)6-4-11)21-15(18-10)19-14(20)7-8-17-2;/h3-6,17H,7-9H2,1-2H3,(H,18,19,20);1H. The second-order valence-corrected chi connectivity index (χ2v) is 5.82. The Hall–Kier alpha value is -1.50. The van der Waals surface area contributed by atoms with E-state index in [-0.39, 0.29) is 24.1 Å². The third-order valence-corrected chi connectivity index (χ3v) is 4.09. The second-order valence-electron chi connectivity index (χ2n) is 4.73. The summed E-state index contributed by atoms with van der Waals surface area (Å²) < 4.78 is 12.9. The number of carbonyl (C=O) groups is 1. The molecule has 0 spiro atoms. The fraction of sp³-hybridized carbons (Fsp3) is 0.333. The van der Waals surface area contributed by atoms with Gasteiger partial charge in [-0.15, -0.1) is 23.7 Å². The molecule has 0 saturated carbocycles.